The van der Waals surface area contributed by atoms with Crippen LogP contribution < -0.4 is 5.32 Å². The van der Waals surface area contributed by atoms with Crippen LogP contribution in [0.4, 0.5) is 4.39 Å². The summed E-state index contributed by atoms with van der Waals surface area (Å²) in [6, 6.07) is 5.41. The smallest absolute Gasteiger partial charge is 0.141 e. The average molecular weight is 330 g/mol. The monoisotopic (exact) mass is 328 g/mol. The highest BCUT2D eigenvalue weighted by Crippen LogP contribution is 2.27. The molecule has 1 heterocycles. The largest absolute Gasteiger partial charge is 0.314 e. The third-order valence-corrected chi connectivity index (χ3v) is 3.60. The maximum atomic E-state index is 13.2. The molecule has 0 spiro atoms. The van der Waals surface area contributed by atoms with Crippen molar-refractivity contribution in [2.24, 2.45) is 0 Å². The summed E-state index contributed by atoms with van der Waals surface area (Å²) in [6.07, 6.45) is 1.02. The van der Waals surface area contributed by atoms with E-state index < -0.39 is 0 Å². The van der Waals surface area contributed by atoms with Gasteiger partial charge in [-0.2, -0.15) is 0 Å². The molecule has 19 heavy (non-hydrogen) atoms. The first-order chi connectivity index (χ1) is 8.22. The second-order valence-electron chi connectivity index (χ2n) is 4.38. The molecule has 0 bridgehead atoms. The maximum Gasteiger partial charge on any atom is 0.141 e. The fourth-order valence-corrected chi connectivity index (χ4v) is 2.61. The van der Waals surface area contributed by atoms with Crippen molar-refractivity contribution in [3.8, 4) is 0 Å². The third-order valence-electron chi connectivity index (χ3n) is 3.31. The molecule has 1 aromatic carbocycles. The first kappa shape index (κ1) is 18.9. The van der Waals surface area contributed by atoms with E-state index in [1.807, 2.05) is 6.07 Å². The predicted octanol–water partition coefficient (Wildman–Crippen LogP) is 3.68. The molecule has 1 fully saturated rings. The van der Waals surface area contributed by atoms with Crippen LogP contribution in [-0.4, -0.2) is 31.1 Å². The van der Waals surface area contributed by atoms with Crippen LogP contribution in [-0.2, 0) is 0 Å². The van der Waals surface area contributed by atoms with E-state index in [4.69, 9.17) is 11.6 Å². The number of nitrogens with zero attached hydrogens (tertiary/aromatic N) is 1. The Kier molecular flexibility index (Phi) is 8.95. The molecule has 1 aliphatic rings. The van der Waals surface area contributed by atoms with Gasteiger partial charge in [-0.05, 0) is 24.1 Å². The van der Waals surface area contributed by atoms with Gasteiger partial charge in [0, 0.05) is 32.2 Å². The Balaban J connectivity index is 0.00000162. The summed E-state index contributed by atoms with van der Waals surface area (Å²) in [5.41, 5.74) is 1.11. The number of hydrogen-bond acceptors (Lipinski definition) is 2. The first-order valence-electron chi connectivity index (χ1n) is 6.12. The molecular weight excluding hydrogens is 310 g/mol. The lowest BCUT2D eigenvalue weighted by atomic mass is 10.0. The molecule has 2 rings (SSSR count). The van der Waals surface area contributed by atoms with Crippen LogP contribution in [0.15, 0.2) is 18.2 Å². The molecule has 1 N–H and O–H groups in total. The predicted molar refractivity (Wildman–Crippen MR) is 83.4 cm³/mol. The number of rotatable bonds is 3. The lowest BCUT2D eigenvalue weighted by Crippen LogP contribution is -2.45. The highest BCUT2D eigenvalue weighted by molar-refractivity contribution is 6.30. The van der Waals surface area contributed by atoms with Crippen LogP contribution in [0.2, 0.25) is 5.02 Å². The summed E-state index contributed by atoms with van der Waals surface area (Å²) in [5.74, 6) is -0.342. The van der Waals surface area contributed by atoms with Crippen molar-refractivity contribution in [2.75, 3.05) is 26.2 Å². The van der Waals surface area contributed by atoms with Crippen molar-refractivity contribution >= 4 is 36.4 Å². The third kappa shape index (κ3) is 4.76. The Labute approximate surface area is 131 Å². The van der Waals surface area contributed by atoms with Crippen LogP contribution in [0.25, 0.3) is 0 Å². The number of nitrogens with one attached hydrogen (secondary N) is 1. The summed E-state index contributed by atoms with van der Waals surface area (Å²) >= 11 is 5.85. The highest BCUT2D eigenvalue weighted by atomic mass is 35.5. The highest BCUT2D eigenvalue weighted by Gasteiger charge is 2.21. The van der Waals surface area contributed by atoms with Gasteiger partial charge in [0.05, 0.1) is 5.02 Å². The van der Waals surface area contributed by atoms with Gasteiger partial charge >= 0.3 is 0 Å². The van der Waals surface area contributed by atoms with E-state index in [0.29, 0.717) is 6.04 Å². The van der Waals surface area contributed by atoms with E-state index in [-0.39, 0.29) is 35.7 Å². The molecule has 0 unspecified atom stereocenters. The second kappa shape index (κ2) is 8.98. The number of hydrogen-bond donors (Lipinski definition) is 1. The fraction of sp³-hybridized carbons (Fsp3) is 0.538. The van der Waals surface area contributed by atoms with Gasteiger partial charge in [-0.1, -0.05) is 24.6 Å². The molecule has 0 saturated carbocycles. The quantitative estimate of drug-likeness (QED) is 0.910. The van der Waals surface area contributed by atoms with Gasteiger partial charge in [-0.3, -0.25) is 4.90 Å². The SMILES string of the molecule is CC[C@H](c1ccc(F)c(Cl)c1)N1CCNCC1.Cl.Cl. The average Bonchev–Trinajstić information content (AvgIpc) is 2.36. The Morgan fingerprint density at radius 1 is 1.32 bits per heavy atom. The summed E-state index contributed by atoms with van der Waals surface area (Å²) in [5, 5.41) is 3.56. The molecule has 0 radical (unpaired) electrons. The number of piperazine rings is 1. The lowest BCUT2D eigenvalue weighted by Gasteiger charge is -2.34. The van der Waals surface area contributed by atoms with E-state index in [2.05, 4.69) is 17.1 Å². The van der Waals surface area contributed by atoms with Crippen molar-refractivity contribution in [1.82, 2.24) is 10.2 Å². The molecule has 1 aromatic rings. The topological polar surface area (TPSA) is 15.3 Å². The van der Waals surface area contributed by atoms with Crippen LogP contribution >= 0.6 is 36.4 Å². The molecule has 0 aliphatic carbocycles. The van der Waals surface area contributed by atoms with E-state index in [9.17, 15) is 4.39 Å². The molecular formula is C13H20Cl3FN2. The lowest BCUT2D eigenvalue weighted by molar-refractivity contribution is 0.169. The van der Waals surface area contributed by atoms with Crippen LogP contribution in [0, 0.1) is 5.82 Å². The van der Waals surface area contributed by atoms with Crippen molar-refractivity contribution < 1.29 is 4.39 Å². The molecule has 6 heteroatoms. The van der Waals surface area contributed by atoms with Crippen LogP contribution in [0.1, 0.15) is 24.9 Å². The Hall–Kier alpha value is -0.0600. The van der Waals surface area contributed by atoms with Gasteiger partial charge in [0.25, 0.3) is 0 Å². The minimum atomic E-state index is -0.342. The fourth-order valence-electron chi connectivity index (χ4n) is 2.42. The van der Waals surface area contributed by atoms with E-state index in [1.165, 1.54) is 6.07 Å². The molecule has 1 aliphatic heterocycles. The zero-order chi connectivity index (χ0) is 12.3. The maximum absolute atomic E-state index is 13.2. The van der Waals surface area contributed by atoms with Gasteiger partial charge in [0.15, 0.2) is 0 Å². The molecule has 2 nitrogen and oxygen atoms in total. The van der Waals surface area contributed by atoms with E-state index in [0.717, 1.165) is 38.2 Å². The summed E-state index contributed by atoms with van der Waals surface area (Å²) in [4.78, 5) is 2.43. The Morgan fingerprint density at radius 2 is 1.95 bits per heavy atom. The summed E-state index contributed by atoms with van der Waals surface area (Å²) in [6.45, 7) is 6.27. The molecule has 0 amide bonds. The van der Waals surface area contributed by atoms with E-state index >= 15 is 0 Å². The van der Waals surface area contributed by atoms with Crippen molar-refractivity contribution in [3.63, 3.8) is 0 Å². The minimum absolute atomic E-state index is 0. The zero-order valence-corrected chi connectivity index (χ0v) is 13.3. The number of benzene rings is 1. The normalized spacial score (nSPS) is 17.2. The molecule has 0 aromatic heterocycles. The Bertz CT molecular complexity index is 384. The molecule has 1 atom stereocenters. The second-order valence-corrected chi connectivity index (χ2v) is 4.79. The van der Waals surface area contributed by atoms with Gasteiger partial charge in [0.2, 0.25) is 0 Å². The zero-order valence-electron chi connectivity index (χ0n) is 10.9. The standard InChI is InChI=1S/C13H18ClFN2.2ClH/c1-2-13(17-7-5-16-6-8-17)10-3-4-12(15)11(14)9-10;;/h3-4,9,13,16H,2,5-8H2,1H3;2*1H/t13-;;/m1../s1. The van der Waals surface area contributed by atoms with E-state index in [1.54, 1.807) is 6.07 Å². The van der Waals surface area contributed by atoms with Gasteiger partial charge in [0.1, 0.15) is 5.82 Å². The molecule has 110 valence electrons. The van der Waals surface area contributed by atoms with Crippen LogP contribution in [0.5, 0.6) is 0 Å². The summed E-state index contributed by atoms with van der Waals surface area (Å²) < 4.78 is 13.2. The van der Waals surface area contributed by atoms with Crippen molar-refractivity contribution in [1.29, 1.82) is 0 Å². The minimum Gasteiger partial charge on any atom is -0.314 e. The van der Waals surface area contributed by atoms with Gasteiger partial charge in [-0.25, -0.2) is 4.39 Å². The Morgan fingerprint density at radius 3 is 2.47 bits per heavy atom. The summed E-state index contributed by atoms with van der Waals surface area (Å²) in [7, 11) is 0. The van der Waals surface area contributed by atoms with Crippen molar-refractivity contribution in [3.05, 3.63) is 34.6 Å². The number of halogens is 4. The van der Waals surface area contributed by atoms with Gasteiger partial charge < -0.3 is 5.32 Å². The molecule has 1 saturated heterocycles. The van der Waals surface area contributed by atoms with Gasteiger partial charge in [-0.15, -0.1) is 24.8 Å². The first-order valence-corrected chi connectivity index (χ1v) is 6.50. The van der Waals surface area contributed by atoms with Crippen LogP contribution in [0.3, 0.4) is 0 Å². The van der Waals surface area contributed by atoms with Crippen molar-refractivity contribution in [2.45, 2.75) is 19.4 Å².